The molecule has 0 unspecified atom stereocenters. The van der Waals surface area contributed by atoms with E-state index in [2.05, 4.69) is 80.8 Å². The second-order valence-corrected chi connectivity index (χ2v) is 18.9. The van der Waals surface area contributed by atoms with Crippen molar-refractivity contribution in [1.82, 2.24) is 0 Å². The molecule has 0 fully saturated rings. The number of quaternary nitrogens is 2. The van der Waals surface area contributed by atoms with E-state index < -0.39 is 7.12 Å². The summed E-state index contributed by atoms with van der Waals surface area (Å²) in [6.45, 7) is 6.84. The van der Waals surface area contributed by atoms with E-state index in [1.807, 2.05) is 12.1 Å². The van der Waals surface area contributed by atoms with Crippen molar-refractivity contribution in [3.05, 3.63) is 89.5 Å². The Labute approximate surface area is 391 Å². The largest absolute Gasteiger partial charge is 0.889 e. The van der Waals surface area contributed by atoms with Crippen LogP contribution < -0.4 is 27.0 Å². The molecule has 3 aromatic rings. The van der Waals surface area contributed by atoms with Gasteiger partial charge in [-0.2, -0.15) is 0 Å². The molecule has 0 heterocycles. The quantitative estimate of drug-likeness (QED) is 0.0443. The Hall–Kier alpha value is -2.44. The Morgan fingerprint density at radius 2 is 0.476 bits per heavy atom. The molecule has 0 aromatic heterocycles. The number of rotatable bonds is 38. The SMILES string of the molecule is CCCCCCCCCCCCCCCCc1ccc(B([O-])[O-])cc1.CCCCCCCCCCCCc1ccc([NH3+])cc1.CCCCCCCCCCCCc1ccc([NH3+])cc1. The molecule has 6 N–H and O–H groups in total. The van der Waals surface area contributed by atoms with E-state index in [0.717, 1.165) is 17.8 Å². The van der Waals surface area contributed by atoms with E-state index >= 15 is 0 Å². The van der Waals surface area contributed by atoms with E-state index in [1.165, 1.54) is 248 Å². The lowest BCUT2D eigenvalue weighted by Crippen LogP contribution is -2.55. The molecule has 0 bridgehead atoms. The van der Waals surface area contributed by atoms with Crippen LogP contribution in [-0.2, 0) is 19.3 Å². The van der Waals surface area contributed by atoms with Gasteiger partial charge in [-0.3, -0.25) is 0 Å². The molecular formula is C58H101BN2O2. The minimum Gasteiger partial charge on any atom is -0.889 e. The monoisotopic (exact) mass is 869 g/mol. The third kappa shape index (κ3) is 38.5. The smallest absolute Gasteiger partial charge is 0.127 e. The van der Waals surface area contributed by atoms with Gasteiger partial charge in [0.1, 0.15) is 11.4 Å². The van der Waals surface area contributed by atoms with Gasteiger partial charge in [0.2, 0.25) is 0 Å². The van der Waals surface area contributed by atoms with E-state index in [0.29, 0.717) is 5.46 Å². The lowest BCUT2D eigenvalue weighted by atomic mass is 9.80. The summed E-state index contributed by atoms with van der Waals surface area (Å²) in [5, 5.41) is 21.6. The normalized spacial score (nSPS) is 10.9. The van der Waals surface area contributed by atoms with Gasteiger partial charge in [-0.25, -0.2) is 0 Å². The van der Waals surface area contributed by atoms with Crippen LogP contribution in [-0.4, -0.2) is 7.12 Å². The highest BCUT2D eigenvalue weighted by Crippen LogP contribution is 2.16. The van der Waals surface area contributed by atoms with E-state index in [1.54, 1.807) is 12.1 Å². The van der Waals surface area contributed by atoms with Crippen molar-refractivity contribution in [1.29, 1.82) is 0 Å². The summed E-state index contributed by atoms with van der Waals surface area (Å²) in [5.74, 6) is 0. The third-order valence-corrected chi connectivity index (χ3v) is 12.8. The molecule has 358 valence electrons. The van der Waals surface area contributed by atoms with Crippen molar-refractivity contribution < 1.29 is 21.5 Å². The van der Waals surface area contributed by atoms with Crippen molar-refractivity contribution in [3.63, 3.8) is 0 Å². The van der Waals surface area contributed by atoms with E-state index in [9.17, 15) is 10.0 Å². The maximum Gasteiger partial charge on any atom is 0.127 e. The zero-order valence-electron chi connectivity index (χ0n) is 41.9. The summed E-state index contributed by atoms with van der Waals surface area (Å²) < 4.78 is 0. The third-order valence-electron chi connectivity index (χ3n) is 12.8. The highest BCUT2D eigenvalue weighted by atomic mass is 16.4. The van der Waals surface area contributed by atoms with Crippen molar-refractivity contribution in [3.8, 4) is 0 Å². The Bertz CT molecular complexity index is 1280. The van der Waals surface area contributed by atoms with Crippen LogP contribution in [0.15, 0.2) is 72.8 Å². The van der Waals surface area contributed by atoms with Crippen LogP contribution in [0.25, 0.3) is 0 Å². The minimum absolute atomic E-state index is 0.352. The Kier molecular flexibility index (Phi) is 41.6. The molecule has 0 aliphatic heterocycles. The molecule has 0 aliphatic rings. The molecule has 3 rings (SSSR count). The first kappa shape index (κ1) is 58.6. The summed E-state index contributed by atoms with van der Waals surface area (Å²) >= 11 is 0. The van der Waals surface area contributed by atoms with Crippen LogP contribution in [0.1, 0.15) is 256 Å². The van der Waals surface area contributed by atoms with Gasteiger partial charge in [0.15, 0.2) is 0 Å². The van der Waals surface area contributed by atoms with Gasteiger partial charge in [0, 0.05) is 0 Å². The predicted molar refractivity (Wildman–Crippen MR) is 275 cm³/mol. The number of hydrogen-bond acceptors (Lipinski definition) is 2. The first-order chi connectivity index (χ1) is 30.9. The molecular weight excluding hydrogens is 767 g/mol. The molecule has 5 heteroatoms. The number of unbranched alkanes of at least 4 members (excludes halogenated alkanes) is 31. The fourth-order valence-electron chi connectivity index (χ4n) is 8.41. The number of hydrogen-bond donors (Lipinski definition) is 2. The van der Waals surface area contributed by atoms with E-state index in [4.69, 9.17) is 0 Å². The van der Waals surface area contributed by atoms with Crippen molar-refractivity contribution in [2.75, 3.05) is 0 Å². The zero-order valence-corrected chi connectivity index (χ0v) is 41.9. The molecule has 0 spiro atoms. The molecule has 3 aromatic carbocycles. The highest BCUT2D eigenvalue weighted by Gasteiger charge is 1.99. The first-order valence-corrected chi connectivity index (χ1v) is 27.1. The molecule has 0 radical (unpaired) electrons. The van der Waals surface area contributed by atoms with Gasteiger partial charge < -0.3 is 21.5 Å². The lowest BCUT2D eigenvalue weighted by Gasteiger charge is -2.26. The van der Waals surface area contributed by atoms with Crippen LogP contribution >= 0.6 is 0 Å². The standard InChI is InChI=1S/C22H37BO2.2C18H31N/c1-2-3-4-5-6-7-8-9-10-11-12-13-14-15-16-21-17-19-22(20-18-21)23(24)25;2*1-2-3-4-5-6-7-8-9-10-11-12-17-13-15-18(19)16-14-17/h17-20H,2-16H2,1H3;2*13-16H,2-12,19H2,1H3/q-2;;/p+2. The second kappa shape index (κ2) is 44.8. The topological polar surface area (TPSA) is 101 Å². The second-order valence-electron chi connectivity index (χ2n) is 18.9. The van der Waals surface area contributed by atoms with Gasteiger partial charge in [-0.05, 0) is 79.5 Å². The van der Waals surface area contributed by atoms with Gasteiger partial charge in [0.05, 0.1) is 0 Å². The molecule has 0 saturated carbocycles. The summed E-state index contributed by atoms with van der Waals surface area (Å²) in [6, 6.07) is 24.6. The van der Waals surface area contributed by atoms with Crippen LogP contribution in [0, 0.1) is 0 Å². The summed E-state index contributed by atoms with van der Waals surface area (Å²) in [4.78, 5) is 0. The first-order valence-electron chi connectivity index (χ1n) is 27.1. The minimum atomic E-state index is -1.85. The van der Waals surface area contributed by atoms with Crippen LogP contribution in [0.5, 0.6) is 0 Å². The fourth-order valence-corrected chi connectivity index (χ4v) is 8.41. The van der Waals surface area contributed by atoms with Crippen LogP contribution in [0.3, 0.4) is 0 Å². The maximum atomic E-state index is 10.8. The summed E-state index contributed by atoms with van der Waals surface area (Å²) in [5.41, 5.74) is 14.6. The summed E-state index contributed by atoms with van der Waals surface area (Å²) in [7, 11) is -1.85. The summed E-state index contributed by atoms with van der Waals surface area (Å²) in [6.07, 6.45) is 51.1. The van der Waals surface area contributed by atoms with Gasteiger partial charge >= 0.3 is 0 Å². The molecule has 63 heavy (non-hydrogen) atoms. The Morgan fingerprint density at radius 3 is 0.683 bits per heavy atom. The van der Waals surface area contributed by atoms with Crippen LogP contribution in [0.2, 0.25) is 0 Å². The van der Waals surface area contributed by atoms with E-state index in [-0.39, 0.29) is 0 Å². The van der Waals surface area contributed by atoms with Gasteiger partial charge in [0.25, 0.3) is 0 Å². The maximum absolute atomic E-state index is 10.8. The Morgan fingerprint density at radius 1 is 0.286 bits per heavy atom. The average molecular weight is 869 g/mol. The van der Waals surface area contributed by atoms with Crippen molar-refractivity contribution >= 4 is 24.0 Å². The number of benzene rings is 3. The highest BCUT2D eigenvalue weighted by molar-refractivity contribution is 6.55. The fraction of sp³-hybridized carbons (Fsp3) is 0.690. The predicted octanol–water partition coefficient (Wildman–Crippen LogP) is 14.2. The molecule has 4 nitrogen and oxygen atoms in total. The van der Waals surface area contributed by atoms with Gasteiger partial charge in [-0.15, -0.1) is 5.46 Å². The van der Waals surface area contributed by atoms with Gasteiger partial charge in [-0.1, -0.05) is 275 Å². The molecule has 0 aliphatic carbocycles. The van der Waals surface area contributed by atoms with Crippen molar-refractivity contribution in [2.24, 2.45) is 0 Å². The lowest BCUT2D eigenvalue weighted by molar-refractivity contribution is -0.341. The molecule has 0 atom stereocenters. The van der Waals surface area contributed by atoms with Crippen LogP contribution in [0.4, 0.5) is 11.4 Å². The number of aryl methyl sites for hydroxylation is 3. The molecule has 0 saturated heterocycles. The van der Waals surface area contributed by atoms with Crippen molar-refractivity contribution in [2.45, 2.75) is 258 Å². The molecule has 0 amide bonds. The zero-order chi connectivity index (χ0) is 45.7. The average Bonchev–Trinajstić information content (AvgIpc) is 3.29. The Balaban J connectivity index is 0.000000479.